The highest BCUT2D eigenvalue weighted by Crippen LogP contribution is 2.39. The second-order valence-corrected chi connectivity index (χ2v) is 14.1. The third kappa shape index (κ3) is 8.39. The van der Waals surface area contributed by atoms with Crippen molar-refractivity contribution in [3.05, 3.63) is 29.6 Å². The van der Waals surface area contributed by atoms with Gasteiger partial charge in [-0.3, -0.25) is 0 Å². The molecule has 2 fully saturated rings. The van der Waals surface area contributed by atoms with Gasteiger partial charge in [0.1, 0.15) is 0 Å². The van der Waals surface area contributed by atoms with E-state index in [0.29, 0.717) is 24.2 Å². The molecule has 31 heavy (non-hydrogen) atoms. The van der Waals surface area contributed by atoms with Crippen LogP contribution in [-0.2, 0) is 0 Å². The molecule has 1 aromatic rings. The molecule has 0 unspecified atom stereocenters. The van der Waals surface area contributed by atoms with Crippen molar-refractivity contribution >= 4 is 20.4 Å². The van der Waals surface area contributed by atoms with Gasteiger partial charge in [0.25, 0.3) is 0 Å². The first-order valence-electron chi connectivity index (χ1n) is 13.2. The minimum absolute atomic E-state index is 0.222. The maximum atomic E-state index is 14.4. The second-order valence-electron chi connectivity index (χ2n) is 10.3. The van der Waals surface area contributed by atoms with Gasteiger partial charge in [0.15, 0.2) is 11.6 Å². The molecule has 0 radical (unpaired) electrons. The molecule has 0 spiro atoms. The number of hydrogen-bond acceptors (Lipinski definition) is 1. The first-order chi connectivity index (χ1) is 15.2. The zero-order valence-electron chi connectivity index (χ0n) is 19.7. The molecule has 0 aromatic heterocycles. The third-order valence-corrected chi connectivity index (χ3v) is 11.9. The first kappa shape index (κ1) is 25.1. The average Bonchev–Trinajstić information content (AvgIpc) is 2.79. The van der Waals surface area contributed by atoms with Crippen LogP contribution in [0.2, 0.25) is 18.1 Å². The smallest absolute Gasteiger partial charge is 0.165 e. The fourth-order valence-electron chi connectivity index (χ4n) is 5.99. The van der Waals surface area contributed by atoms with Crippen LogP contribution in [-0.4, -0.2) is 21.3 Å². The molecular formula is C27H44ClFOSi. The standard InChI is InChI=1S/C27H44ClFOSi/c1-2-18-31-19-14-23(15-20-31)7-4-3-6-22-8-10-24(11-9-22)25-12-13-27(26(29)21-25)30-17-5-16-28/h12-13,21-24,31H,2-11,14-20H2,1H3. The number of alkyl halides is 1. The van der Waals surface area contributed by atoms with Crippen LogP contribution in [0, 0.1) is 17.7 Å². The summed E-state index contributed by atoms with van der Waals surface area (Å²) in [6.07, 6.45) is 16.1. The molecule has 0 bridgehead atoms. The SMILES string of the molecule is CCC[SiH]1CCC(CCCCC2CCC(c3ccc(OCCCCl)c(F)c3)CC2)CC1. The van der Waals surface area contributed by atoms with Crippen molar-refractivity contribution in [2.75, 3.05) is 12.5 Å². The molecule has 0 N–H and O–H groups in total. The van der Waals surface area contributed by atoms with Gasteiger partial charge in [0, 0.05) is 14.7 Å². The number of unbranched alkanes of at least 4 members (excludes halogenated alkanes) is 1. The summed E-state index contributed by atoms with van der Waals surface area (Å²) in [4.78, 5) is 0. The molecule has 1 saturated heterocycles. The number of halogens is 2. The van der Waals surface area contributed by atoms with Crippen LogP contribution in [0.5, 0.6) is 5.75 Å². The van der Waals surface area contributed by atoms with Crippen LogP contribution in [0.25, 0.3) is 0 Å². The van der Waals surface area contributed by atoms with Gasteiger partial charge in [-0.2, -0.15) is 0 Å². The first-order valence-corrected chi connectivity index (χ1v) is 16.2. The Labute approximate surface area is 197 Å². The van der Waals surface area contributed by atoms with E-state index in [1.54, 1.807) is 37.0 Å². The van der Waals surface area contributed by atoms with Gasteiger partial charge in [0.05, 0.1) is 6.61 Å². The summed E-state index contributed by atoms with van der Waals surface area (Å²) in [5, 5.41) is 0. The molecule has 1 heterocycles. The Balaban J connectivity index is 1.30. The van der Waals surface area contributed by atoms with Gasteiger partial charge in [-0.05, 0) is 67.6 Å². The number of rotatable bonds is 12. The van der Waals surface area contributed by atoms with E-state index in [2.05, 4.69) is 13.0 Å². The molecule has 3 rings (SSSR count). The van der Waals surface area contributed by atoms with Crippen LogP contribution >= 0.6 is 11.6 Å². The summed E-state index contributed by atoms with van der Waals surface area (Å²) in [7, 11) is -0.310. The Bertz CT molecular complexity index is 624. The quantitative estimate of drug-likeness (QED) is 0.170. The van der Waals surface area contributed by atoms with E-state index in [4.69, 9.17) is 16.3 Å². The Kier molecular flexibility index (Phi) is 11.2. The predicted octanol–water partition coefficient (Wildman–Crippen LogP) is 8.71. The summed E-state index contributed by atoms with van der Waals surface area (Å²) in [5.74, 6) is 3.15. The molecule has 176 valence electrons. The molecule has 1 aliphatic carbocycles. The van der Waals surface area contributed by atoms with Crippen molar-refractivity contribution in [1.29, 1.82) is 0 Å². The highest BCUT2D eigenvalue weighted by molar-refractivity contribution is 6.58. The molecule has 2 aliphatic rings. The van der Waals surface area contributed by atoms with Gasteiger partial charge in [-0.1, -0.05) is 76.1 Å². The van der Waals surface area contributed by atoms with Gasteiger partial charge >= 0.3 is 0 Å². The van der Waals surface area contributed by atoms with Crippen LogP contribution in [0.15, 0.2) is 18.2 Å². The van der Waals surface area contributed by atoms with E-state index in [0.717, 1.165) is 23.8 Å². The monoisotopic (exact) mass is 466 g/mol. The minimum Gasteiger partial charge on any atom is -0.490 e. The highest BCUT2D eigenvalue weighted by Gasteiger charge is 2.24. The fourth-order valence-corrected chi connectivity index (χ4v) is 9.67. The summed E-state index contributed by atoms with van der Waals surface area (Å²) in [5.41, 5.74) is 1.16. The Morgan fingerprint density at radius 3 is 2.26 bits per heavy atom. The van der Waals surface area contributed by atoms with Crippen LogP contribution in [0.1, 0.15) is 95.5 Å². The molecule has 1 aromatic carbocycles. The van der Waals surface area contributed by atoms with E-state index in [9.17, 15) is 4.39 Å². The Morgan fingerprint density at radius 1 is 0.968 bits per heavy atom. The van der Waals surface area contributed by atoms with E-state index in [1.807, 2.05) is 6.07 Å². The predicted molar refractivity (Wildman–Crippen MR) is 135 cm³/mol. The van der Waals surface area contributed by atoms with E-state index in [1.165, 1.54) is 57.8 Å². The van der Waals surface area contributed by atoms with E-state index < -0.39 is 0 Å². The van der Waals surface area contributed by atoms with Crippen molar-refractivity contribution < 1.29 is 9.13 Å². The van der Waals surface area contributed by atoms with Gasteiger partial charge in [0.2, 0.25) is 0 Å². The van der Waals surface area contributed by atoms with Crippen LogP contribution in [0.4, 0.5) is 4.39 Å². The Hall–Kier alpha value is -0.543. The number of benzene rings is 1. The summed E-state index contributed by atoms with van der Waals surface area (Å²) >= 11 is 5.66. The number of ether oxygens (including phenoxy) is 1. The molecular weight excluding hydrogens is 423 g/mol. The third-order valence-electron chi connectivity index (χ3n) is 7.95. The summed E-state index contributed by atoms with van der Waals surface area (Å²) < 4.78 is 19.9. The lowest BCUT2D eigenvalue weighted by atomic mass is 9.77. The lowest BCUT2D eigenvalue weighted by molar-refractivity contribution is 0.293. The van der Waals surface area contributed by atoms with Gasteiger partial charge in [-0.25, -0.2) is 4.39 Å². The van der Waals surface area contributed by atoms with Crippen molar-refractivity contribution in [2.24, 2.45) is 11.8 Å². The van der Waals surface area contributed by atoms with E-state index in [-0.39, 0.29) is 14.6 Å². The maximum Gasteiger partial charge on any atom is 0.165 e. The fraction of sp³-hybridized carbons (Fsp3) is 0.778. The molecule has 1 nitrogen and oxygen atoms in total. The zero-order chi connectivity index (χ0) is 21.9. The maximum absolute atomic E-state index is 14.4. The Morgan fingerprint density at radius 2 is 1.65 bits per heavy atom. The molecule has 0 amide bonds. The topological polar surface area (TPSA) is 9.23 Å². The van der Waals surface area contributed by atoms with Gasteiger partial charge < -0.3 is 4.74 Å². The molecule has 0 atom stereocenters. The molecule has 1 aliphatic heterocycles. The van der Waals surface area contributed by atoms with Crippen molar-refractivity contribution in [3.8, 4) is 5.75 Å². The van der Waals surface area contributed by atoms with Gasteiger partial charge in [-0.15, -0.1) is 11.6 Å². The summed E-state index contributed by atoms with van der Waals surface area (Å²) in [6.45, 7) is 2.84. The lowest BCUT2D eigenvalue weighted by Crippen LogP contribution is -2.21. The zero-order valence-corrected chi connectivity index (χ0v) is 21.6. The van der Waals surface area contributed by atoms with E-state index >= 15 is 0 Å². The molecule has 1 saturated carbocycles. The van der Waals surface area contributed by atoms with Crippen molar-refractivity contribution in [2.45, 2.75) is 108 Å². The van der Waals surface area contributed by atoms with Crippen LogP contribution < -0.4 is 4.74 Å². The highest BCUT2D eigenvalue weighted by atomic mass is 35.5. The second kappa shape index (κ2) is 13.9. The average molecular weight is 467 g/mol. The minimum atomic E-state index is -0.310. The normalized spacial score (nSPS) is 26.7. The van der Waals surface area contributed by atoms with Crippen molar-refractivity contribution in [3.63, 3.8) is 0 Å². The number of hydrogen-bond donors (Lipinski definition) is 0. The van der Waals surface area contributed by atoms with Crippen molar-refractivity contribution in [1.82, 2.24) is 0 Å². The van der Waals surface area contributed by atoms with Crippen LogP contribution in [0.3, 0.4) is 0 Å². The molecule has 4 heteroatoms. The summed E-state index contributed by atoms with van der Waals surface area (Å²) in [6, 6.07) is 10.4. The largest absolute Gasteiger partial charge is 0.490 e. The lowest BCUT2D eigenvalue weighted by Gasteiger charge is -2.30.